The SMILES string of the molecule is COC(=O)/C(C)=C(/N)CF. The van der Waals surface area contributed by atoms with E-state index < -0.39 is 12.6 Å². The molecule has 4 heteroatoms. The van der Waals surface area contributed by atoms with Gasteiger partial charge in [0.2, 0.25) is 0 Å². The van der Waals surface area contributed by atoms with Crippen molar-refractivity contribution in [2.75, 3.05) is 13.8 Å². The summed E-state index contributed by atoms with van der Waals surface area (Å²) in [4.78, 5) is 10.6. The van der Waals surface area contributed by atoms with Crippen molar-refractivity contribution in [3.8, 4) is 0 Å². The van der Waals surface area contributed by atoms with Crippen LogP contribution >= 0.6 is 0 Å². The number of esters is 1. The Bertz CT molecular complexity index is 165. The molecule has 0 aromatic carbocycles. The van der Waals surface area contributed by atoms with Gasteiger partial charge in [-0.1, -0.05) is 0 Å². The third-order valence-electron chi connectivity index (χ3n) is 1.12. The fourth-order valence-corrected chi connectivity index (χ4v) is 0.384. The molecule has 0 rings (SSSR count). The maximum Gasteiger partial charge on any atom is 0.335 e. The fourth-order valence-electron chi connectivity index (χ4n) is 0.384. The molecular weight excluding hydrogens is 137 g/mol. The van der Waals surface area contributed by atoms with Gasteiger partial charge >= 0.3 is 5.97 Å². The number of halogens is 1. The Morgan fingerprint density at radius 2 is 2.20 bits per heavy atom. The molecule has 0 radical (unpaired) electrons. The van der Waals surface area contributed by atoms with E-state index in [4.69, 9.17) is 5.73 Å². The molecule has 0 aromatic heterocycles. The van der Waals surface area contributed by atoms with E-state index in [9.17, 15) is 9.18 Å². The number of carbonyl (C=O) groups excluding carboxylic acids is 1. The van der Waals surface area contributed by atoms with Crippen LogP contribution in [0.4, 0.5) is 4.39 Å². The number of methoxy groups -OCH3 is 1. The molecule has 0 saturated heterocycles. The van der Waals surface area contributed by atoms with Crippen LogP contribution in [0.2, 0.25) is 0 Å². The number of hydrogen-bond donors (Lipinski definition) is 1. The van der Waals surface area contributed by atoms with E-state index in [1.165, 1.54) is 14.0 Å². The van der Waals surface area contributed by atoms with E-state index in [2.05, 4.69) is 4.74 Å². The molecule has 3 nitrogen and oxygen atoms in total. The number of nitrogens with two attached hydrogens (primary N) is 1. The largest absolute Gasteiger partial charge is 0.466 e. The van der Waals surface area contributed by atoms with Gasteiger partial charge in [0.05, 0.1) is 12.7 Å². The molecule has 0 aliphatic rings. The Morgan fingerprint density at radius 1 is 1.70 bits per heavy atom. The minimum Gasteiger partial charge on any atom is -0.466 e. The fraction of sp³-hybridized carbons (Fsp3) is 0.500. The molecule has 0 atom stereocenters. The zero-order valence-corrected chi connectivity index (χ0v) is 5.98. The van der Waals surface area contributed by atoms with Crippen LogP contribution in [0.25, 0.3) is 0 Å². The van der Waals surface area contributed by atoms with Crippen molar-refractivity contribution in [1.82, 2.24) is 0 Å². The van der Waals surface area contributed by atoms with Gasteiger partial charge in [-0.15, -0.1) is 0 Å². The summed E-state index contributed by atoms with van der Waals surface area (Å²) < 4.78 is 16.0. The lowest BCUT2D eigenvalue weighted by Crippen LogP contribution is -2.11. The van der Waals surface area contributed by atoms with Crippen LogP contribution in [-0.2, 0) is 9.53 Å². The summed E-state index contributed by atoms with van der Waals surface area (Å²) >= 11 is 0. The van der Waals surface area contributed by atoms with Crippen molar-refractivity contribution in [3.63, 3.8) is 0 Å². The average Bonchev–Trinajstić information content (AvgIpc) is 2.00. The summed E-state index contributed by atoms with van der Waals surface area (Å²) in [6.45, 7) is 0.599. The van der Waals surface area contributed by atoms with Crippen molar-refractivity contribution in [2.45, 2.75) is 6.92 Å². The van der Waals surface area contributed by atoms with E-state index in [1.54, 1.807) is 0 Å². The van der Waals surface area contributed by atoms with Gasteiger partial charge in [-0.3, -0.25) is 0 Å². The quantitative estimate of drug-likeness (QED) is 0.453. The summed E-state index contributed by atoms with van der Waals surface area (Å²) in [6.07, 6.45) is 0. The van der Waals surface area contributed by atoms with Gasteiger partial charge in [-0.2, -0.15) is 0 Å². The molecule has 2 N–H and O–H groups in total. The normalized spacial score (nSPS) is 12.3. The second-order valence-electron chi connectivity index (χ2n) is 1.78. The summed E-state index contributed by atoms with van der Waals surface area (Å²) in [7, 11) is 1.22. The minimum absolute atomic E-state index is 0.0770. The zero-order valence-electron chi connectivity index (χ0n) is 5.98. The van der Waals surface area contributed by atoms with Crippen LogP contribution in [0.5, 0.6) is 0 Å². The molecule has 0 unspecified atom stereocenters. The maximum atomic E-state index is 11.7. The monoisotopic (exact) mass is 147 g/mol. The standard InChI is InChI=1S/C6H10FNO2/c1-4(5(8)3-7)6(9)10-2/h3,8H2,1-2H3/b5-4+. The molecule has 0 spiro atoms. The molecule has 10 heavy (non-hydrogen) atoms. The summed E-state index contributed by atoms with van der Waals surface area (Å²) in [5.41, 5.74) is 5.15. The highest BCUT2D eigenvalue weighted by molar-refractivity contribution is 5.88. The van der Waals surface area contributed by atoms with Crippen LogP contribution < -0.4 is 5.73 Å². The smallest absolute Gasteiger partial charge is 0.335 e. The predicted molar refractivity (Wildman–Crippen MR) is 34.9 cm³/mol. The van der Waals surface area contributed by atoms with Crippen molar-refractivity contribution >= 4 is 5.97 Å². The Kier molecular flexibility index (Phi) is 3.46. The van der Waals surface area contributed by atoms with E-state index in [-0.39, 0.29) is 11.3 Å². The van der Waals surface area contributed by atoms with E-state index in [1.807, 2.05) is 0 Å². The molecular formula is C6H10FNO2. The average molecular weight is 147 g/mol. The third kappa shape index (κ3) is 2.05. The summed E-state index contributed by atoms with van der Waals surface area (Å²) in [6, 6.07) is 0. The van der Waals surface area contributed by atoms with E-state index in [0.29, 0.717) is 0 Å². The Morgan fingerprint density at radius 3 is 2.50 bits per heavy atom. The molecule has 0 aliphatic carbocycles. The van der Waals surface area contributed by atoms with Gasteiger partial charge < -0.3 is 10.5 Å². The van der Waals surface area contributed by atoms with Crippen LogP contribution in [0.15, 0.2) is 11.3 Å². The lowest BCUT2D eigenvalue weighted by Gasteiger charge is -2.00. The maximum absolute atomic E-state index is 11.7. The first-order valence-corrected chi connectivity index (χ1v) is 2.73. The Balaban J connectivity index is 4.30. The van der Waals surface area contributed by atoms with Gasteiger partial charge in [0, 0.05) is 5.70 Å². The molecule has 0 aliphatic heterocycles. The summed E-state index contributed by atoms with van der Waals surface area (Å²) in [5.74, 6) is -0.588. The van der Waals surface area contributed by atoms with Crippen molar-refractivity contribution in [1.29, 1.82) is 0 Å². The van der Waals surface area contributed by atoms with Gasteiger partial charge in [-0.25, -0.2) is 9.18 Å². The topological polar surface area (TPSA) is 52.3 Å². The van der Waals surface area contributed by atoms with Crippen molar-refractivity contribution in [2.24, 2.45) is 5.73 Å². The first kappa shape index (κ1) is 8.94. The minimum atomic E-state index is -0.819. The van der Waals surface area contributed by atoms with E-state index in [0.717, 1.165) is 0 Å². The molecule has 58 valence electrons. The number of ether oxygens (including phenoxy) is 1. The van der Waals surface area contributed by atoms with Crippen LogP contribution in [0.3, 0.4) is 0 Å². The number of rotatable bonds is 2. The zero-order chi connectivity index (χ0) is 8.15. The second kappa shape index (κ2) is 3.87. The molecule has 0 heterocycles. The number of hydrogen-bond acceptors (Lipinski definition) is 3. The Labute approximate surface area is 58.7 Å². The molecule has 0 bridgehead atoms. The molecule has 0 aromatic rings. The van der Waals surface area contributed by atoms with Crippen molar-refractivity contribution < 1.29 is 13.9 Å². The highest BCUT2D eigenvalue weighted by Gasteiger charge is 2.06. The van der Waals surface area contributed by atoms with Gasteiger partial charge in [0.25, 0.3) is 0 Å². The summed E-state index contributed by atoms with van der Waals surface area (Å²) in [5, 5.41) is 0. The van der Waals surface area contributed by atoms with E-state index >= 15 is 0 Å². The number of alkyl halides is 1. The predicted octanol–water partition coefficient (Wildman–Crippen LogP) is 0.362. The third-order valence-corrected chi connectivity index (χ3v) is 1.12. The highest BCUT2D eigenvalue weighted by Crippen LogP contribution is 1.99. The highest BCUT2D eigenvalue weighted by atomic mass is 19.1. The van der Waals surface area contributed by atoms with Crippen LogP contribution in [-0.4, -0.2) is 19.8 Å². The lowest BCUT2D eigenvalue weighted by atomic mass is 10.2. The van der Waals surface area contributed by atoms with Gasteiger partial charge in [0.15, 0.2) is 0 Å². The van der Waals surface area contributed by atoms with Crippen LogP contribution in [0, 0.1) is 0 Å². The van der Waals surface area contributed by atoms with Gasteiger partial charge in [0.1, 0.15) is 6.67 Å². The molecule has 0 amide bonds. The number of carbonyl (C=O) groups is 1. The van der Waals surface area contributed by atoms with Crippen LogP contribution in [0.1, 0.15) is 6.92 Å². The first-order valence-electron chi connectivity index (χ1n) is 2.73. The second-order valence-corrected chi connectivity index (χ2v) is 1.78. The Hall–Kier alpha value is -1.06. The molecule has 0 saturated carbocycles. The lowest BCUT2D eigenvalue weighted by molar-refractivity contribution is -0.136. The number of allylic oxidation sites excluding steroid dienone is 1. The van der Waals surface area contributed by atoms with Crippen molar-refractivity contribution in [3.05, 3.63) is 11.3 Å². The molecule has 0 fully saturated rings. The van der Waals surface area contributed by atoms with Gasteiger partial charge in [-0.05, 0) is 6.92 Å². The first-order chi connectivity index (χ1) is 4.63.